The second-order valence-electron chi connectivity index (χ2n) is 6.64. The number of methoxy groups -OCH3 is 1. The van der Waals surface area contributed by atoms with Crippen molar-refractivity contribution in [3.63, 3.8) is 0 Å². The fourth-order valence-electron chi connectivity index (χ4n) is 3.29. The van der Waals surface area contributed by atoms with Gasteiger partial charge in [-0.05, 0) is 30.4 Å². The van der Waals surface area contributed by atoms with Crippen molar-refractivity contribution in [1.29, 1.82) is 5.26 Å². The van der Waals surface area contributed by atoms with E-state index in [2.05, 4.69) is 33.8 Å². The Labute approximate surface area is 132 Å². The van der Waals surface area contributed by atoms with Crippen LogP contribution in [0.3, 0.4) is 0 Å². The van der Waals surface area contributed by atoms with Crippen LogP contribution in [0.4, 0.5) is 0 Å². The molecule has 1 aromatic carbocycles. The maximum absolute atomic E-state index is 12.8. The molecule has 4 nitrogen and oxygen atoms in total. The molecule has 0 aromatic heterocycles. The Morgan fingerprint density at radius 3 is 2.45 bits per heavy atom. The first-order valence-electron chi connectivity index (χ1n) is 7.75. The van der Waals surface area contributed by atoms with E-state index in [1.165, 1.54) is 0 Å². The predicted molar refractivity (Wildman–Crippen MR) is 86.0 cm³/mol. The number of nitriles is 1. The summed E-state index contributed by atoms with van der Waals surface area (Å²) in [6, 6.07) is 3.73. The van der Waals surface area contributed by atoms with Crippen molar-refractivity contribution in [2.45, 2.75) is 46.6 Å². The molecule has 2 rings (SSSR count). The summed E-state index contributed by atoms with van der Waals surface area (Å²) < 4.78 is 5.52. The van der Waals surface area contributed by atoms with Gasteiger partial charge in [-0.2, -0.15) is 5.26 Å². The van der Waals surface area contributed by atoms with Crippen LogP contribution in [0.5, 0.6) is 5.75 Å². The average molecular weight is 300 g/mol. The van der Waals surface area contributed by atoms with Crippen molar-refractivity contribution in [3.05, 3.63) is 28.3 Å². The molecule has 1 amide bonds. The molecule has 0 saturated carbocycles. The molecule has 22 heavy (non-hydrogen) atoms. The van der Waals surface area contributed by atoms with E-state index < -0.39 is 6.04 Å². The number of aryl methyl sites for hydroxylation is 1. The Morgan fingerprint density at radius 1 is 1.36 bits per heavy atom. The fourth-order valence-corrected chi connectivity index (χ4v) is 3.29. The molecule has 0 saturated heterocycles. The van der Waals surface area contributed by atoms with Crippen LogP contribution in [0.1, 0.15) is 66.7 Å². The summed E-state index contributed by atoms with van der Waals surface area (Å²) in [5.41, 5.74) is 3.40. The molecule has 0 radical (unpaired) electrons. The van der Waals surface area contributed by atoms with Crippen LogP contribution in [0.2, 0.25) is 0 Å². The molecule has 1 aliphatic heterocycles. The zero-order valence-corrected chi connectivity index (χ0v) is 14.2. The minimum Gasteiger partial charge on any atom is -0.496 e. The maximum atomic E-state index is 12.8. The van der Waals surface area contributed by atoms with E-state index >= 15 is 0 Å². The number of carbonyl (C=O) groups excluding carboxylic acids is 1. The largest absolute Gasteiger partial charge is 0.496 e. The summed E-state index contributed by atoms with van der Waals surface area (Å²) in [5.74, 6) is 1.24. The minimum atomic E-state index is -0.518. The van der Waals surface area contributed by atoms with Gasteiger partial charge in [0.15, 0.2) is 0 Å². The number of fused-ring (bicyclic) bond motifs is 1. The van der Waals surface area contributed by atoms with Gasteiger partial charge in [0.05, 0.1) is 13.2 Å². The summed E-state index contributed by atoms with van der Waals surface area (Å²) in [6.45, 7) is 10.7. The lowest BCUT2D eigenvalue weighted by Gasteiger charge is -2.23. The van der Waals surface area contributed by atoms with Gasteiger partial charge in [0.1, 0.15) is 11.8 Å². The zero-order chi connectivity index (χ0) is 16.6. The second kappa shape index (κ2) is 6.00. The molecule has 1 aromatic rings. The summed E-state index contributed by atoms with van der Waals surface area (Å²) in [6.07, 6.45) is 0. The van der Waals surface area contributed by atoms with Gasteiger partial charge in [0.2, 0.25) is 0 Å². The fraction of sp³-hybridized carbons (Fsp3) is 0.556. The Morgan fingerprint density at radius 2 is 2.00 bits per heavy atom. The Balaban J connectivity index is 2.73. The maximum Gasteiger partial charge on any atom is 0.255 e. The molecule has 1 unspecified atom stereocenters. The van der Waals surface area contributed by atoms with Gasteiger partial charge in [-0.15, -0.1) is 0 Å². The molecular weight excluding hydrogens is 276 g/mol. The third-order valence-corrected chi connectivity index (χ3v) is 4.11. The number of nitrogens with zero attached hydrogens (tertiary/aromatic N) is 2. The quantitative estimate of drug-likeness (QED) is 0.849. The Kier molecular flexibility index (Phi) is 4.46. The number of benzene rings is 1. The van der Waals surface area contributed by atoms with Crippen LogP contribution >= 0.6 is 0 Å². The third-order valence-electron chi connectivity index (χ3n) is 4.11. The summed E-state index contributed by atoms with van der Waals surface area (Å²) in [5, 5.41) is 9.69. The summed E-state index contributed by atoms with van der Waals surface area (Å²) in [4.78, 5) is 14.5. The Hall–Kier alpha value is -2.02. The highest BCUT2D eigenvalue weighted by molar-refractivity contribution is 6.02. The van der Waals surface area contributed by atoms with Gasteiger partial charge in [-0.25, -0.2) is 0 Å². The number of carbonyl (C=O) groups is 1. The van der Waals surface area contributed by atoms with Gasteiger partial charge in [0, 0.05) is 23.2 Å². The van der Waals surface area contributed by atoms with Crippen LogP contribution in [0.15, 0.2) is 6.07 Å². The van der Waals surface area contributed by atoms with E-state index in [9.17, 15) is 10.1 Å². The van der Waals surface area contributed by atoms with Crippen molar-refractivity contribution < 1.29 is 9.53 Å². The highest BCUT2D eigenvalue weighted by Crippen LogP contribution is 2.44. The SMILES string of the molecule is COc1cc(C)c2c(c1C(C)C)C(C#N)N(CC(C)C)C2=O. The lowest BCUT2D eigenvalue weighted by Crippen LogP contribution is -2.31. The van der Waals surface area contributed by atoms with Crippen LogP contribution in [0, 0.1) is 24.2 Å². The van der Waals surface area contributed by atoms with Crippen LogP contribution in [-0.4, -0.2) is 24.5 Å². The van der Waals surface area contributed by atoms with Crippen molar-refractivity contribution in [3.8, 4) is 11.8 Å². The monoisotopic (exact) mass is 300 g/mol. The minimum absolute atomic E-state index is 0.0303. The van der Waals surface area contributed by atoms with E-state index in [0.29, 0.717) is 18.0 Å². The predicted octanol–water partition coefficient (Wildman–Crippen LogP) is 3.80. The van der Waals surface area contributed by atoms with E-state index in [1.807, 2.05) is 13.0 Å². The van der Waals surface area contributed by atoms with Crippen molar-refractivity contribution in [1.82, 2.24) is 4.90 Å². The lowest BCUT2D eigenvalue weighted by molar-refractivity contribution is 0.0736. The normalized spacial score (nSPS) is 17.1. The summed E-state index contributed by atoms with van der Waals surface area (Å²) >= 11 is 0. The summed E-state index contributed by atoms with van der Waals surface area (Å²) in [7, 11) is 1.64. The number of hydrogen-bond acceptors (Lipinski definition) is 3. The first-order valence-corrected chi connectivity index (χ1v) is 7.75. The topological polar surface area (TPSA) is 53.3 Å². The number of hydrogen-bond donors (Lipinski definition) is 0. The van der Waals surface area contributed by atoms with Crippen LogP contribution < -0.4 is 4.74 Å². The van der Waals surface area contributed by atoms with Crippen molar-refractivity contribution in [2.75, 3.05) is 13.7 Å². The van der Waals surface area contributed by atoms with E-state index in [4.69, 9.17) is 4.74 Å². The van der Waals surface area contributed by atoms with Gasteiger partial charge < -0.3 is 9.64 Å². The molecule has 118 valence electrons. The smallest absolute Gasteiger partial charge is 0.255 e. The van der Waals surface area contributed by atoms with E-state index in [1.54, 1.807) is 12.0 Å². The standard InChI is InChI=1S/C18H24N2O2/c1-10(2)9-20-13(8-19)17-15(11(3)4)14(22-6)7-12(5)16(17)18(20)21/h7,10-11,13H,9H2,1-6H3. The van der Waals surface area contributed by atoms with Crippen LogP contribution in [0.25, 0.3) is 0 Å². The number of amides is 1. The molecular formula is C18H24N2O2. The van der Waals surface area contributed by atoms with Gasteiger partial charge in [-0.3, -0.25) is 4.79 Å². The van der Waals surface area contributed by atoms with Crippen molar-refractivity contribution >= 4 is 5.91 Å². The molecule has 4 heteroatoms. The molecule has 0 spiro atoms. The highest BCUT2D eigenvalue weighted by Gasteiger charge is 2.41. The molecule has 1 aliphatic rings. The first kappa shape index (κ1) is 16.4. The molecule has 0 N–H and O–H groups in total. The van der Waals surface area contributed by atoms with Gasteiger partial charge >= 0.3 is 0 Å². The Bertz CT molecular complexity index is 641. The highest BCUT2D eigenvalue weighted by atomic mass is 16.5. The molecule has 1 atom stereocenters. The zero-order valence-electron chi connectivity index (χ0n) is 14.2. The lowest BCUT2D eigenvalue weighted by atomic mass is 9.88. The van der Waals surface area contributed by atoms with Gasteiger partial charge in [0.25, 0.3) is 5.91 Å². The molecule has 0 fully saturated rings. The van der Waals surface area contributed by atoms with Crippen molar-refractivity contribution in [2.24, 2.45) is 5.92 Å². The van der Waals surface area contributed by atoms with E-state index in [0.717, 1.165) is 22.4 Å². The first-order chi connectivity index (χ1) is 10.3. The average Bonchev–Trinajstić information content (AvgIpc) is 2.70. The third kappa shape index (κ3) is 2.45. The van der Waals surface area contributed by atoms with Crippen LogP contribution in [-0.2, 0) is 0 Å². The number of rotatable bonds is 4. The molecule has 0 bridgehead atoms. The molecule has 1 heterocycles. The second-order valence-corrected chi connectivity index (χ2v) is 6.64. The number of ether oxygens (including phenoxy) is 1. The molecule has 0 aliphatic carbocycles. The van der Waals surface area contributed by atoms with E-state index in [-0.39, 0.29) is 11.8 Å². The van der Waals surface area contributed by atoms with Gasteiger partial charge in [-0.1, -0.05) is 27.7 Å².